The molecule has 6 heteroatoms. The third-order valence-corrected chi connectivity index (χ3v) is 5.12. The third kappa shape index (κ3) is 4.44. The largest absolute Gasteiger partial charge is 0.497 e. The van der Waals surface area contributed by atoms with Crippen LogP contribution in [0.4, 0.5) is 0 Å². The van der Waals surface area contributed by atoms with Crippen LogP contribution in [0.15, 0.2) is 87.9 Å². The Kier molecular flexibility index (Phi) is 5.95. The number of oxazole rings is 1. The number of amides is 1. The normalized spacial score (nSPS) is 10.6. The second kappa shape index (κ2) is 8.97. The van der Waals surface area contributed by atoms with Crippen LogP contribution < -0.4 is 10.1 Å². The number of hydrogen-bond acceptors (Lipinski definition) is 4. The highest BCUT2D eigenvalue weighted by atomic mass is 79.9. The van der Waals surface area contributed by atoms with Crippen molar-refractivity contribution >= 4 is 21.8 Å². The molecule has 4 rings (SSSR count). The molecule has 0 unspecified atom stereocenters. The standard InChI is InChI=1S/C24H19BrN2O3/c1-29-19-11-9-16(10-12-19)14-26-23(28)20-7-2-3-8-21(20)24-27-15-22(30-24)17-5-4-6-18(25)13-17/h2-13,15H,14H2,1H3,(H,26,28). The average molecular weight is 463 g/mol. The van der Waals surface area contributed by atoms with Crippen molar-refractivity contribution in [3.8, 4) is 28.5 Å². The molecule has 150 valence electrons. The van der Waals surface area contributed by atoms with E-state index in [0.717, 1.165) is 21.3 Å². The van der Waals surface area contributed by atoms with E-state index in [0.29, 0.717) is 29.3 Å². The van der Waals surface area contributed by atoms with E-state index in [1.54, 1.807) is 19.4 Å². The van der Waals surface area contributed by atoms with Gasteiger partial charge in [0.1, 0.15) is 5.75 Å². The summed E-state index contributed by atoms with van der Waals surface area (Å²) < 4.78 is 12.1. The van der Waals surface area contributed by atoms with Gasteiger partial charge in [-0.2, -0.15) is 0 Å². The van der Waals surface area contributed by atoms with Crippen LogP contribution in [0.5, 0.6) is 5.75 Å². The molecule has 0 saturated heterocycles. The third-order valence-electron chi connectivity index (χ3n) is 4.63. The lowest BCUT2D eigenvalue weighted by atomic mass is 10.1. The average Bonchev–Trinajstić information content (AvgIpc) is 3.28. The van der Waals surface area contributed by atoms with E-state index in [-0.39, 0.29) is 5.91 Å². The van der Waals surface area contributed by atoms with Crippen LogP contribution >= 0.6 is 15.9 Å². The first kappa shape index (κ1) is 19.9. The molecule has 1 N–H and O–H groups in total. The lowest BCUT2D eigenvalue weighted by Crippen LogP contribution is -2.23. The molecular weight excluding hydrogens is 444 g/mol. The van der Waals surface area contributed by atoms with Crippen LogP contribution in [0.2, 0.25) is 0 Å². The summed E-state index contributed by atoms with van der Waals surface area (Å²) >= 11 is 3.46. The van der Waals surface area contributed by atoms with Crippen LogP contribution in [0, 0.1) is 0 Å². The van der Waals surface area contributed by atoms with Crippen molar-refractivity contribution in [3.05, 3.63) is 94.6 Å². The number of carbonyl (C=O) groups is 1. The number of benzene rings is 3. The Hall–Kier alpha value is -3.38. The van der Waals surface area contributed by atoms with Gasteiger partial charge in [0.15, 0.2) is 5.76 Å². The molecule has 0 aliphatic carbocycles. The van der Waals surface area contributed by atoms with Crippen LogP contribution in [-0.2, 0) is 6.54 Å². The molecule has 0 aliphatic heterocycles. The first-order chi connectivity index (χ1) is 14.6. The van der Waals surface area contributed by atoms with E-state index in [4.69, 9.17) is 9.15 Å². The van der Waals surface area contributed by atoms with Gasteiger partial charge in [-0.15, -0.1) is 0 Å². The van der Waals surface area contributed by atoms with Crippen molar-refractivity contribution < 1.29 is 13.9 Å². The Morgan fingerprint density at radius 3 is 2.63 bits per heavy atom. The molecule has 3 aromatic carbocycles. The van der Waals surface area contributed by atoms with E-state index in [1.165, 1.54) is 0 Å². The van der Waals surface area contributed by atoms with Gasteiger partial charge in [-0.05, 0) is 42.0 Å². The Morgan fingerprint density at radius 1 is 1.07 bits per heavy atom. The van der Waals surface area contributed by atoms with Crippen LogP contribution in [0.3, 0.4) is 0 Å². The summed E-state index contributed by atoms with van der Waals surface area (Å²) in [6.45, 7) is 0.409. The molecule has 0 spiro atoms. The second-order valence-electron chi connectivity index (χ2n) is 6.62. The fourth-order valence-corrected chi connectivity index (χ4v) is 3.46. The minimum Gasteiger partial charge on any atom is -0.497 e. The molecule has 5 nitrogen and oxygen atoms in total. The van der Waals surface area contributed by atoms with Crippen LogP contribution in [-0.4, -0.2) is 18.0 Å². The Morgan fingerprint density at radius 2 is 1.87 bits per heavy atom. The van der Waals surface area contributed by atoms with Crippen molar-refractivity contribution in [2.24, 2.45) is 0 Å². The minimum absolute atomic E-state index is 0.191. The second-order valence-corrected chi connectivity index (χ2v) is 7.53. The highest BCUT2D eigenvalue weighted by Crippen LogP contribution is 2.29. The lowest BCUT2D eigenvalue weighted by molar-refractivity contribution is 0.0951. The number of aromatic nitrogens is 1. The van der Waals surface area contributed by atoms with Crippen molar-refractivity contribution in [3.63, 3.8) is 0 Å². The number of hydrogen-bond donors (Lipinski definition) is 1. The summed E-state index contributed by atoms with van der Waals surface area (Å²) in [6.07, 6.45) is 1.67. The zero-order valence-corrected chi connectivity index (χ0v) is 17.8. The van der Waals surface area contributed by atoms with E-state index >= 15 is 0 Å². The van der Waals surface area contributed by atoms with E-state index in [1.807, 2.05) is 66.7 Å². The van der Waals surface area contributed by atoms with Crippen molar-refractivity contribution in [2.75, 3.05) is 7.11 Å². The minimum atomic E-state index is -0.191. The molecule has 4 aromatic rings. The molecule has 0 atom stereocenters. The fourth-order valence-electron chi connectivity index (χ4n) is 3.06. The number of carbonyl (C=O) groups excluding carboxylic acids is 1. The number of nitrogens with zero attached hydrogens (tertiary/aromatic N) is 1. The fraction of sp³-hybridized carbons (Fsp3) is 0.0833. The highest BCUT2D eigenvalue weighted by Gasteiger charge is 2.17. The topological polar surface area (TPSA) is 64.4 Å². The van der Waals surface area contributed by atoms with Gasteiger partial charge >= 0.3 is 0 Å². The number of rotatable bonds is 6. The number of methoxy groups -OCH3 is 1. The van der Waals surface area contributed by atoms with Crippen LogP contribution in [0.25, 0.3) is 22.8 Å². The highest BCUT2D eigenvalue weighted by molar-refractivity contribution is 9.10. The number of nitrogens with one attached hydrogen (secondary N) is 1. The Labute approximate surface area is 182 Å². The first-order valence-electron chi connectivity index (χ1n) is 9.36. The molecule has 1 amide bonds. The maximum atomic E-state index is 12.8. The Bertz CT molecular complexity index is 1170. The molecule has 0 radical (unpaired) electrons. The van der Waals surface area contributed by atoms with Gasteiger partial charge in [0.2, 0.25) is 5.89 Å². The lowest BCUT2D eigenvalue weighted by Gasteiger charge is -2.09. The molecule has 1 aromatic heterocycles. The van der Waals surface area contributed by atoms with E-state index in [9.17, 15) is 4.79 Å². The zero-order chi connectivity index (χ0) is 20.9. The van der Waals surface area contributed by atoms with E-state index < -0.39 is 0 Å². The smallest absolute Gasteiger partial charge is 0.252 e. The van der Waals surface area contributed by atoms with Crippen LogP contribution in [0.1, 0.15) is 15.9 Å². The summed E-state index contributed by atoms with van der Waals surface area (Å²) in [4.78, 5) is 17.2. The number of halogens is 1. The van der Waals surface area contributed by atoms with Crippen molar-refractivity contribution in [1.82, 2.24) is 10.3 Å². The number of ether oxygens (including phenoxy) is 1. The molecule has 30 heavy (non-hydrogen) atoms. The Balaban J connectivity index is 1.54. The monoisotopic (exact) mass is 462 g/mol. The molecule has 0 fully saturated rings. The quantitative estimate of drug-likeness (QED) is 0.398. The predicted molar refractivity (Wildman–Crippen MR) is 119 cm³/mol. The van der Waals surface area contributed by atoms with Gasteiger partial charge in [-0.3, -0.25) is 4.79 Å². The van der Waals surface area contributed by atoms with Gasteiger partial charge in [0.25, 0.3) is 5.91 Å². The van der Waals surface area contributed by atoms with Gasteiger partial charge < -0.3 is 14.5 Å². The van der Waals surface area contributed by atoms with Gasteiger partial charge in [0.05, 0.1) is 18.9 Å². The van der Waals surface area contributed by atoms with Gasteiger partial charge in [-0.1, -0.05) is 52.3 Å². The molecule has 0 saturated carbocycles. The maximum Gasteiger partial charge on any atom is 0.252 e. The van der Waals surface area contributed by atoms with E-state index in [2.05, 4.69) is 26.2 Å². The summed E-state index contributed by atoms with van der Waals surface area (Å²) in [5.41, 5.74) is 3.04. The first-order valence-corrected chi connectivity index (χ1v) is 10.2. The SMILES string of the molecule is COc1ccc(CNC(=O)c2ccccc2-c2ncc(-c3cccc(Br)c3)o2)cc1. The maximum absolute atomic E-state index is 12.8. The summed E-state index contributed by atoms with van der Waals surface area (Å²) in [7, 11) is 1.62. The molecule has 0 bridgehead atoms. The van der Waals surface area contributed by atoms with Crippen molar-refractivity contribution in [2.45, 2.75) is 6.54 Å². The van der Waals surface area contributed by atoms with Gasteiger partial charge in [-0.25, -0.2) is 4.98 Å². The molecular formula is C24H19BrN2O3. The molecule has 1 heterocycles. The predicted octanol–water partition coefficient (Wildman–Crippen LogP) is 5.71. The molecule has 0 aliphatic rings. The summed E-state index contributed by atoms with van der Waals surface area (Å²) in [6, 6.07) is 22.6. The van der Waals surface area contributed by atoms with Crippen molar-refractivity contribution in [1.29, 1.82) is 0 Å². The summed E-state index contributed by atoms with van der Waals surface area (Å²) in [5, 5.41) is 2.95. The summed E-state index contributed by atoms with van der Waals surface area (Å²) in [5.74, 6) is 1.63. The van der Waals surface area contributed by atoms with Gasteiger partial charge in [0, 0.05) is 22.1 Å². The zero-order valence-electron chi connectivity index (χ0n) is 16.3.